The molecular formula is C10H9ClN4O. The molecule has 5 nitrogen and oxygen atoms in total. The van der Waals surface area contributed by atoms with Gasteiger partial charge in [-0.1, -0.05) is 11.6 Å². The third kappa shape index (κ3) is 2.38. The highest BCUT2D eigenvalue weighted by atomic mass is 35.5. The van der Waals surface area contributed by atoms with Crippen LogP contribution in [0.15, 0.2) is 24.4 Å². The number of rotatable bonds is 2. The van der Waals surface area contributed by atoms with Crippen LogP contribution in [0.25, 0.3) is 0 Å². The second-order valence-corrected chi connectivity index (χ2v) is 3.69. The summed E-state index contributed by atoms with van der Waals surface area (Å²) in [5, 5.41) is 9.69. The van der Waals surface area contributed by atoms with Gasteiger partial charge >= 0.3 is 0 Å². The van der Waals surface area contributed by atoms with Crippen LogP contribution in [0.3, 0.4) is 0 Å². The van der Waals surface area contributed by atoms with Gasteiger partial charge in [0.1, 0.15) is 5.69 Å². The Morgan fingerprint density at radius 2 is 2.31 bits per heavy atom. The Hall–Kier alpha value is -1.88. The number of halogens is 1. The Morgan fingerprint density at radius 1 is 1.50 bits per heavy atom. The van der Waals surface area contributed by atoms with Crippen LogP contribution in [-0.2, 0) is 0 Å². The lowest BCUT2D eigenvalue weighted by molar-refractivity contribution is 0.102. The summed E-state index contributed by atoms with van der Waals surface area (Å²) in [6, 6.07) is 4.83. The standard InChI is InChI=1S/C10H9ClN4O/c1-6-4-9(15-14-6)13-10(16)8-5-7(11)2-3-12-8/h2-5H,1H3,(H2,13,14,15,16). The molecule has 0 radical (unpaired) electrons. The molecule has 0 unspecified atom stereocenters. The zero-order chi connectivity index (χ0) is 11.5. The first-order chi connectivity index (χ1) is 7.65. The van der Waals surface area contributed by atoms with Crippen LogP contribution in [0.4, 0.5) is 5.82 Å². The van der Waals surface area contributed by atoms with Crippen molar-refractivity contribution in [3.63, 3.8) is 0 Å². The number of amides is 1. The molecule has 0 aliphatic rings. The van der Waals surface area contributed by atoms with Gasteiger partial charge in [-0.2, -0.15) is 5.10 Å². The highest BCUT2D eigenvalue weighted by Gasteiger charge is 2.09. The number of nitrogens with zero attached hydrogens (tertiary/aromatic N) is 2. The minimum Gasteiger partial charge on any atom is -0.304 e. The molecule has 2 aromatic rings. The van der Waals surface area contributed by atoms with Gasteiger partial charge in [-0.15, -0.1) is 0 Å². The van der Waals surface area contributed by atoms with E-state index < -0.39 is 0 Å². The van der Waals surface area contributed by atoms with Gasteiger partial charge in [0.05, 0.1) is 0 Å². The van der Waals surface area contributed by atoms with Gasteiger partial charge in [-0.3, -0.25) is 14.9 Å². The molecule has 6 heteroatoms. The zero-order valence-corrected chi connectivity index (χ0v) is 9.25. The molecule has 0 fully saturated rings. The number of carbonyl (C=O) groups excluding carboxylic acids is 1. The quantitative estimate of drug-likeness (QED) is 0.838. The van der Waals surface area contributed by atoms with Crippen molar-refractivity contribution in [2.75, 3.05) is 5.32 Å². The van der Waals surface area contributed by atoms with Gasteiger partial charge in [-0.05, 0) is 19.1 Å². The molecule has 16 heavy (non-hydrogen) atoms. The Bertz CT molecular complexity index is 523. The largest absolute Gasteiger partial charge is 0.304 e. The van der Waals surface area contributed by atoms with Crippen molar-refractivity contribution in [1.82, 2.24) is 15.2 Å². The molecule has 0 saturated carbocycles. The summed E-state index contributed by atoms with van der Waals surface area (Å²) < 4.78 is 0. The monoisotopic (exact) mass is 236 g/mol. The molecular weight excluding hydrogens is 228 g/mol. The first-order valence-electron chi connectivity index (χ1n) is 4.60. The summed E-state index contributed by atoms with van der Waals surface area (Å²) in [5.74, 6) is 0.123. The molecule has 0 atom stereocenters. The van der Waals surface area contributed by atoms with Gasteiger partial charge in [0.15, 0.2) is 5.82 Å². The minimum absolute atomic E-state index is 0.258. The van der Waals surface area contributed by atoms with E-state index in [2.05, 4.69) is 20.5 Å². The number of carbonyl (C=O) groups is 1. The van der Waals surface area contributed by atoms with Crippen LogP contribution in [0, 0.1) is 6.92 Å². The number of pyridine rings is 1. The number of H-pyrrole nitrogens is 1. The highest BCUT2D eigenvalue weighted by molar-refractivity contribution is 6.30. The fourth-order valence-corrected chi connectivity index (χ4v) is 1.35. The maximum atomic E-state index is 11.7. The number of anilines is 1. The van der Waals surface area contributed by atoms with Crippen LogP contribution in [0.5, 0.6) is 0 Å². The maximum Gasteiger partial charge on any atom is 0.275 e. The Balaban J connectivity index is 2.14. The number of aromatic nitrogens is 3. The molecule has 0 aliphatic heterocycles. The summed E-state index contributed by atoms with van der Waals surface area (Å²) in [7, 11) is 0. The first kappa shape index (κ1) is 10.6. The van der Waals surface area contributed by atoms with E-state index in [1.165, 1.54) is 12.3 Å². The third-order valence-electron chi connectivity index (χ3n) is 1.90. The van der Waals surface area contributed by atoms with Crippen molar-refractivity contribution in [2.45, 2.75) is 6.92 Å². The van der Waals surface area contributed by atoms with E-state index in [0.29, 0.717) is 10.8 Å². The Kier molecular flexibility index (Phi) is 2.87. The van der Waals surface area contributed by atoms with Crippen LogP contribution in [0.1, 0.15) is 16.2 Å². The number of nitrogens with one attached hydrogen (secondary N) is 2. The molecule has 0 bridgehead atoms. The summed E-state index contributed by atoms with van der Waals surface area (Å²) in [4.78, 5) is 15.6. The minimum atomic E-state index is -0.339. The molecule has 0 saturated heterocycles. The topological polar surface area (TPSA) is 70.7 Å². The van der Waals surface area contributed by atoms with Crippen molar-refractivity contribution in [2.24, 2.45) is 0 Å². The van der Waals surface area contributed by atoms with E-state index in [9.17, 15) is 4.79 Å². The molecule has 1 amide bonds. The summed E-state index contributed by atoms with van der Waals surface area (Å²) in [5.41, 5.74) is 1.13. The fourth-order valence-electron chi connectivity index (χ4n) is 1.19. The molecule has 2 aromatic heterocycles. The average molecular weight is 237 g/mol. The van der Waals surface area contributed by atoms with Gasteiger partial charge in [0.25, 0.3) is 5.91 Å². The number of aromatic amines is 1. The van der Waals surface area contributed by atoms with E-state index in [0.717, 1.165) is 5.69 Å². The van der Waals surface area contributed by atoms with Crippen LogP contribution < -0.4 is 5.32 Å². The number of hydrogen-bond donors (Lipinski definition) is 2. The Labute approximate surface area is 96.8 Å². The highest BCUT2D eigenvalue weighted by Crippen LogP contribution is 2.10. The molecule has 0 aliphatic carbocycles. The third-order valence-corrected chi connectivity index (χ3v) is 2.14. The summed E-state index contributed by atoms with van der Waals surface area (Å²) in [6.07, 6.45) is 1.48. The zero-order valence-electron chi connectivity index (χ0n) is 8.49. The summed E-state index contributed by atoms with van der Waals surface area (Å²) in [6.45, 7) is 1.85. The van der Waals surface area contributed by atoms with Crippen molar-refractivity contribution in [3.8, 4) is 0 Å². The summed E-state index contributed by atoms with van der Waals surface area (Å²) >= 11 is 5.75. The van der Waals surface area contributed by atoms with E-state index in [1.807, 2.05) is 6.92 Å². The molecule has 2 N–H and O–H groups in total. The molecule has 2 heterocycles. The fraction of sp³-hybridized carbons (Fsp3) is 0.100. The number of aryl methyl sites for hydroxylation is 1. The second-order valence-electron chi connectivity index (χ2n) is 3.25. The number of hydrogen-bond acceptors (Lipinski definition) is 3. The van der Waals surface area contributed by atoms with Gasteiger partial charge < -0.3 is 5.32 Å². The van der Waals surface area contributed by atoms with Gasteiger partial charge in [-0.25, -0.2) is 0 Å². The predicted octanol–water partition coefficient (Wildman–Crippen LogP) is 2.02. The van der Waals surface area contributed by atoms with Crippen LogP contribution in [-0.4, -0.2) is 21.1 Å². The van der Waals surface area contributed by atoms with Gasteiger partial charge in [0.2, 0.25) is 0 Å². The van der Waals surface area contributed by atoms with Crippen molar-refractivity contribution in [3.05, 3.63) is 40.8 Å². The van der Waals surface area contributed by atoms with E-state index in [-0.39, 0.29) is 11.6 Å². The molecule has 82 valence electrons. The maximum absolute atomic E-state index is 11.7. The molecule has 0 spiro atoms. The van der Waals surface area contributed by atoms with Crippen molar-refractivity contribution < 1.29 is 4.79 Å². The smallest absolute Gasteiger partial charge is 0.275 e. The van der Waals surface area contributed by atoms with Crippen molar-refractivity contribution in [1.29, 1.82) is 0 Å². The lowest BCUT2D eigenvalue weighted by Crippen LogP contribution is -2.13. The van der Waals surface area contributed by atoms with Crippen LogP contribution in [0.2, 0.25) is 5.02 Å². The van der Waals surface area contributed by atoms with Crippen molar-refractivity contribution >= 4 is 23.3 Å². The SMILES string of the molecule is Cc1cc(NC(=O)c2cc(Cl)ccn2)n[nH]1. The first-order valence-corrected chi connectivity index (χ1v) is 4.98. The van der Waals surface area contributed by atoms with E-state index in [1.54, 1.807) is 12.1 Å². The lowest BCUT2D eigenvalue weighted by Gasteiger charge is -2.00. The Morgan fingerprint density at radius 3 is 2.94 bits per heavy atom. The lowest BCUT2D eigenvalue weighted by atomic mass is 10.3. The molecule has 2 rings (SSSR count). The molecule has 0 aromatic carbocycles. The average Bonchev–Trinajstić information content (AvgIpc) is 2.64. The van der Waals surface area contributed by atoms with E-state index >= 15 is 0 Å². The van der Waals surface area contributed by atoms with Crippen LogP contribution >= 0.6 is 11.6 Å². The predicted molar refractivity (Wildman–Crippen MR) is 60.5 cm³/mol. The van der Waals surface area contributed by atoms with Gasteiger partial charge in [0, 0.05) is 23.0 Å². The van der Waals surface area contributed by atoms with E-state index in [4.69, 9.17) is 11.6 Å². The normalized spacial score (nSPS) is 10.1. The second kappa shape index (κ2) is 4.32.